The number of hydrogen-bond donors (Lipinski definition) is 1. The Morgan fingerprint density at radius 2 is 1.97 bits per heavy atom. The Labute approximate surface area is 193 Å². The monoisotopic (exact) mass is 468 g/mol. The van der Waals surface area contributed by atoms with Crippen LogP contribution in [0.1, 0.15) is 29.3 Å². The van der Waals surface area contributed by atoms with Crippen LogP contribution in [0.4, 0.5) is 10.1 Å². The van der Waals surface area contributed by atoms with E-state index in [-0.39, 0.29) is 18.1 Å². The Balaban J connectivity index is 1.26. The third-order valence-corrected chi connectivity index (χ3v) is 6.92. The number of nitrogens with zero attached hydrogens (tertiary/aromatic N) is 3. The van der Waals surface area contributed by atoms with Gasteiger partial charge in [-0.1, -0.05) is 29.1 Å². The van der Waals surface area contributed by atoms with Crippen LogP contribution in [-0.4, -0.2) is 21.0 Å². The predicted molar refractivity (Wildman–Crippen MR) is 124 cm³/mol. The molecule has 1 amide bonds. The van der Waals surface area contributed by atoms with E-state index in [9.17, 15) is 9.18 Å². The summed E-state index contributed by atoms with van der Waals surface area (Å²) in [6.07, 6.45) is 0.635. The lowest BCUT2D eigenvalue weighted by molar-refractivity contribution is -0.116. The van der Waals surface area contributed by atoms with Crippen molar-refractivity contribution in [1.29, 1.82) is 0 Å². The van der Waals surface area contributed by atoms with Gasteiger partial charge >= 0.3 is 0 Å². The van der Waals surface area contributed by atoms with Crippen molar-refractivity contribution in [2.45, 2.75) is 36.8 Å². The molecule has 1 N–H and O–H groups in total. The van der Waals surface area contributed by atoms with E-state index in [1.54, 1.807) is 12.1 Å². The maximum atomic E-state index is 13.1. The van der Waals surface area contributed by atoms with Gasteiger partial charge in [-0.2, -0.15) is 4.98 Å². The molecule has 0 fully saturated rings. The van der Waals surface area contributed by atoms with E-state index in [4.69, 9.17) is 4.52 Å². The lowest BCUT2D eigenvalue weighted by Gasteiger charge is -2.09. The standard InChI is InChI=1S/C23H21FN4O2S2/c1-14-4-3-5-18(15(14)2)25-21(29)10-11-22-27-20(28-30-22)13-32-23-26-19(12-31-23)16-6-8-17(24)9-7-16/h3-9,12H,10-11,13H2,1-2H3,(H,25,29). The highest BCUT2D eigenvalue weighted by molar-refractivity contribution is 8.00. The smallest absolute Gasteiger partial charge is 0.227 e. The van der Waals surface area contributed by atoms with E-state index in [2.05, 4.69) is 20.4 Å². The summed E-state index contributed by atoms with van der Waals surface area (Å²) in [5.41, 5.74) is 4.69. The Kier molecular flexibility index (Phi) is 6.96. The molecule has 4 aromatic rings. The fraction of sp³-hybridized carbons (Fsp3) is 0.217. The molecule has 0 aliphatic heterocycles. The first-order valence-electron chi connectivity index (χ1n) is 10.00. The molecule has 4 rings (SSSR count). The first-order valence-corrected chi connectivity index (χ1v) is 11.9. The molecule has 9 heteroatoms. The zero-order chi connectivity index (χ0) is 22.5. The van der Waals surface area contributed by atoms with Crippen LogP contribution in [0.3, 0.4) is 0 Å². The lowest BCUT2D eigenvalue weighted by Crippen LogP contribution is -2.13. The molecule has 0 saturated carbocycles. The largest absolute Gasteiger partial charge is 0.339 e. The first-order chi connectivity index (χ1) is 15.5. The minimum absolute atomic E-state index is 0.0936. The van der Waals surface area contributed by atoms with E-state index in [0.717, 1.165) is 32.4 Å². The van der Waals surface area contributed by atoms with Crippen LogP contribution in [0.5, 0.6) is 0 Å². The van der Waals surface area contributed by atoms with Crippen LogP contribution in [0.25, 0.3) is 11.3 Å². The summed E-state index contributed by atoms with van der Waals surface area (Å²) in [4.78, 5) is 21.2. The lowest BCUT2D eigenvalue weighted by atomic mass is 10.1. The minimum Gasteiger partial charge on any atom is -0.339 e. The van der Waals surface area contributed by atoms with Crippen LogP contribution in [0.2, 0.25) is 0 Å². The van der Waals surface area contributed by atoms with Crippen LogP contribution in [0, 0.1) is 19.7 Å². The molecule has 2 aromatic heterocycles. The number of hydrogen-bond acceptors (Lipinski definition) is 7. The maximum absolute atomic E-state index is 13.1. The van der Waals surface area contributed by atoms with Crippen molar-refractivity contribution in [3.05, 3.63) is 76.5 Å². The third kappa shape index (κ3) is 5.60. The van der Waals surface area contributed by atoms with Crippen molar-refractivity contribution in [2.24, 2.45) is 0 Å². The summed E-state index contributed by atoms with van der Waals surface area (Å²) in [5, 5.41) is 8.86. The molecule has 0 radical (unpaired) electrons. The molecule has 0 aliphatic rings. The molecule has 0 atom stereocenters. The Morgan fingerprint density at radius 1 is 1.16 bits per heavy atom. The summed E-state index contributed by atoms with van der Waals surface area (Å²) in [6.45, 7) is 4.00. The topological polar surface area (TPSA) is 80.9 Å². The predicted octanol–water partition coefficient (Wildman–Crippen LogP) is 5.81. The SMILES string of the molecule is Cc1cccc(NC(=O)CCc2nc(CSc3nc(-c4ccc(F)cc4)cs3)no2)c1C. The molecule has 164 valence electrons. The average Bonchev–Trinajstić information content (AvgIpc) is 3.44. The third-order valence-electron chi connectivity index (χ3n) is 4.90. The molecule has 2 aromatic carbocycles. The van der Waals surface area contributed by atoms with Crippen LogP contribution in [0.15, 0.2) is 56.7 Å². The number of thiazole rings is 1. The zero-order valence-electron chi connectivity index (χ0n) is 17.6. The highest BCUT2D eigenvalue weighted by atomic mass is 32.2. The summed E-state index contributed by atoms with van der Waals surface area (Å²) >= 11 is 3.01. The van der Waals surface area contributed by atoms with Gasteiger partial charge in [0.15, 0.2) is 10.2 Å². The van der Waals surface area contributed by atoms with E-state index < -0.39 is 0 Å². The molecular formula is C23H21FN4O2S2. The molecule has 0 bridgehead atoms. The van der Waals surface area contributed by atoms with Crippen molar-refractivity contribution in [3.8, 4) is 11.3 Å². The second kappa shape index (κ2) is 10.1. The zero-order valence-corrected chi connectivity index (χ0v) is 19.2. The molecule has 0 saturated heterocycles. The van der Waals surface area contributed by atoms with Gasteiger partial charge in [-0.3, -0.25) is 4.79 Å². The van der Waals surface area contributed by atoms with Gasteiger partial charge < -0.3 is 9.84 Å². The summed E-state index contributed by atoms with van der Waals surface area (Å²) < 4.78 is 19.2. The van der Waals surface area contributed by atoms with Gasteiger partial charge in [0.05, 0.1) is 11.4 Å². The minimum atomic E-state index is -0.269. The number of carbonyl (C=O) groups is 1. The van der Waals surface area contributed by atoms with Crippen molar-refractivity contribution >= 4 is 34.7 Å². The summed E-state index contributed by atoms with van der Waals surface area (Å²) in [6, 6.07) is 12.1. The van der Waals surface area contributed by atoms with Gasteiger partial charge in [-0.25, -0.2) is 9.37 Å². The number of aromatic nitrogens is 3. The number of nitrogens with one attached hydrogen (secondary N) is 1. The Hall–Kier alpha value is -3.04. The fourth-order valence-corrected chi connectivity index (χ4v) is 4.65. The molecule has 0 spiro atoms. The fourth-order valence-electron chi connectivity index (χ4n) is 2.97. The second-order valence-electron chi connectivity index (χ2n) is 7.19. The van der Waals surface area contributed by atoms with Crippen molar-refractivity contribution in [1.82, 2.24) is 15.1 Å². The van der Waals surface area contributed by atoms with E-state index in [1.165, 1.54) is 35.2 Å². The number of halogens is 1. The molecule has 2 heterocycles. The quantitative estimate of drug-likeness (QED) is 0.329. The van der Waals surface area contributed by atoms with Gasteiger partial charge in [0.25, 0.3) is 0 Å². The van der Waals surface area contributed by atoms with Crippen LogP contribution in [-0.2, 0) is 17.0 Å². The number of amides is 1. The number of thioether (sulfide) groups is 1. The first kappa shape index (κ1) is 22.2. The van der Waals surface area contributed by atoms with Gasteiger partial charge in [0.1, 0.15) is 5.82 Å². The Morgan fingerprint density at radius 3 is 2.78 bits per heavy atom. The molecule has 0 aliphatic carbocycles. The number of carbonyl (C=O) groups excluding carboxylic acids is 1. The normalized spacial score (nSPS) is 11.0. The highest BCUT2D eigenvalue weighted by Crippen LogP contribution is 2.30. The average molecular weight is 469 g/mol. The van der Waals surface area contributed by atoms with Gasteiger partial charge in [-0.15, -0.1) is 11.3 Å². The van der Waals surface area contributed by atoms with Crippen LogP contribution < -0.4 is 5.32 Å². The molecular weight excluding hydrogens is 447 g/mol. The van der Waals surface area contributed by atoms with Crippen molar-refractivity contribution in [3.63, 3.8) is 0 Å². The summed E-state index contributed by atoms with van der Waals surface area (Å²) in [7, 11) is 0. The number of anilines is 1. The molecule has 32 heavy (non-hydrogen) atoms. The van der Waals surface area contributed by atoms with Crippen molar-refractivity contribution in [2.75, 3.05) is 5.32 Å². The maximum Gasteiger partial charge on any atom is 0.227 e. The number of benzene rings is 2. The summed E-state index contributed by atoms with van der Waals surface area (Å²) in [5.74, 6) is 1.13. The van der Waals surface area contributed by atoms with Gasteiger partial charge in [0.2, 0.25) is 11.8 Å². The second-order valence-corrected chi connectivity index (χ2v) is 9.27. The van der Waals surface area contributed by atoms with Gasteiger partial charge in [0, 0.05) is 29.5 Å². The van der Waals surface area contributed by atoms with Crippen molar-refractivity contribution < 1.29 is 13.7 Å². The van der Waals surface area contributed by atoms with E-state index in [0.29, 0.717) is 23.9 Å². The van der Waals surface area contributed by atoms with Crippen LogP contribution >= 0.6 is 23.1 Å². The van der Waals surface area contributed by atoms with E-state index >= 15 is 0 Å². The number of rotatable bonds is 8. The number of aryl methyl sites for hydroxylation is 2. The van der Waals surface area contributed by atoms with E-state index in [1.807, 2.05) is 37.4 Å². The Bertz CT molecular complexity index is 1220. The van der Waals surface area contributed by atoms with Gasteiger partial charge in [-0.05, 0) is 55.3 Å². The highest BCUT2D eigenvalue weighted by Gasteiger charge is 2.12. The molecule has 6 nitrogen and oxygen atoms in total. The molecule has 0 unspecified atom stereocenters.